The molecule has 0 aromatic heterocycles. The minimum atomic E-state index is -2.16. The van der Waals surface area contributed by atoms with Gasteiger partial charge in [0.15, 0.2) is 0 Å². The molecule has 0 atom stereocenters. The highest BCUT2D eigenvalue weighted by Gasteiger charge is 2.29. The van der Waals surface area contributed by atoms with Crippen LogP contribution in [0.4, 0.5) is 0 Å². The van der Waals surface area contributed by atoms with Crippen LogP contribution in [-0.2, 0) is 4.74 Å². The van der Waals surface area contributed by atoms with Crippen LogP contribution in [0.25, 0.3) is 0 Å². The quantitative estimate of drug-likeness (QED) is 0.448. The van der Waals surface area contributed by atoms with Gasteiger partial charge in [-0.05, 0) is 40.5 Å². The fraction of sp³-hybridized carbons (Fsp3) is 0.0909. The zero-order valence-corrected chi connectivity index (χ0v) is 17.0. The van der Waals surface area contributed by atoms with Crippen LogP contribution in [0.2, 0.25) is 0 Å². The lowest BCUT2D eigenvalue weighted by atomic mass is 10.2. The van der Waals surface area contributed by atoms with Gasteiger partial charge in [0, 0.05) is 0 Å². The third-order valence-corrected chi connectivity index (χ3v) is 9.76. The predicted octanol–water partition coefficient (Wildman–Crippen LogP) is 4.31. The second-order valence-electron chi connectivity index (χ2n) is 5.73. The van der Waals surface area contributed by atoms with Crippen LogP contribution in [-0.4, -0.2) is 17.3 Å². The summed E-state index contributed by atoms with van der Waals surface area (Å²) >= 11 is 3.68. The summed E-state index contributed by atoms with van der Waals surface area (Å²) in [6, 6.07) is 28.4. The Morgan fingerprint density at radius 1 is 0.885 bits per heavy atom. The first-order chi connectivity index (χ1) is 12.7. The van der Waals surface area contributed by atoms with E-state index in [9.17, 15) is 4.79 Å². The van der Waals surface area contributed by atoms with E-state index in [1.165, 1.54) is 10.6 Å². The number of carbonyl (C=O) groups is 1. The summed E-state index contributed by atoms with van der Waals surface area (Å²) in [5, 5.41) is 3.35. The first-order valence-corrected chi connectivity index (χ1v) is 11.2. The zero-order chi connectivity index (χ0) is 18.4. The topological polar surface area (TPSA) is 26.3 Å². The molecule has 0 radical (unpaired) electrons. The van der Waals surface area contributed by atoms with E-state index >= 15 is 0 Å². The van der Waals surface area contributed by atoms with Gasteiger partial charge < -0.3 is 4.74 Å². The molecule has 2 nitrogen and oxygen atoms in total. The zero-order valence-electron chi connectivity index (χ0n) is 14.5. The molecule has 0 fully saturated rings. The van der Waals surface area contributed by atoms with E-state index < -0.39 is 6.89 Å². The Morgan fingerprint density at radius 3 is 1.88 bits per heavy atom. The summed E-state index contributed by atoms with van der Waals surface area (Å²) in [5.41, 5.74) is 0.617. The average Bonchev–Trinajstić information content (AvgIpc) is 2.71. The second kappa shape index (κ2) is 8.53. The van der Waals surface area contributed by atoms with Crippen LogP contribution >= 0.6 is 22.8 Å². The van der Waals surface area contributed by atoms with Crippen molar-refractivity contribution in [3.8, 4) is 0 Å². The number of ether oxygens (including phenoxy) is 1. The minimum Gasteiger partial charge on any atom is -0.462 e. The average molecular weight is 427 g/mol. The van der Waals surface area contributed by atoms with Gasteiger partial charge in [-0.15, -0.1) is 0 Å². The van der Waals surface area contributed by atoms with E-state index in [4.69, 9.17) is 4.74 Å². The van der Waals surface area contributed by atoms with E-state index in [0.717, 1.165) is 5.30 Å². The molecule has 0 spiro atoms. The van der Waals surface area contributed by atoms with Gasteiger partial charge in [0.1, 0.15) is 0 Å². The molecule has 0 aliphatic rings. The first kappa shape index (κ1) is 18.7. The van der Waals surface area contributed by atoms with Crippen molar-refractivity contribution in [1.29, 1.82) is 0 Å². The molecule has 4 heteroatoms. The van der Waals surface area contributed by atoms with Crippen molar-refractivity contribution < 1.29 is 9.53 Å². The van der Waals surface area contributed by atoms with Crippen molar-refractivity contribution in [2.24, 2.45) is 0 Å². The molecule has 0 N–H and O–H groups in total. The van der Waals surface area contributed by atoms with Gasteiger partial charge in [-0.3, -0.25) is 0 Å². The number of hydrogen-bond donors (Lipinski definition) is 0. The number of rotatable bonds is 5. The third kappa shape index (κ3) is 3.42. The summed E-state index contributed by atoms with van der Waals surface area (Å²) in [6.07, 6.45) is 0. The van der Waals surface area contributed by atoms with Crippen molar-refractivity contribution in [1.82, 2.24) is 0 Å². The maximum atomic E-state index is 12.7. The molecule has 3 aromatic carbocycles. The monoisotopic (exact) mass is 426 g/mol. The molecule has 0 aliphatic carbocycles. The molecule has 0 amide bonds. The van der Waals surface area contributed by atoms with E-state index in [-0.39, 0.29) is 5.97 Å². The largest absolute Gasteiger partial charge is 0.462 e. The molecule has 26 heavy (non-hydrogen) atoms. The normalized spacial score (nSPS) is 11.0. The number of carbonyl (C=O) groups excluding carboxylic acids is 1. The maximum Gasteiger partial charge on any atom is 0.338 e. The van der Waals surface area contributed by atoms with E-state index in [1.54, 1.807) is 0 Å². The van der Waals surface area contributed by atoms with E-state index in [0.29, 0.717) is 12.2 Å². The van der Waals surface area contributed by atoms with Gasteiger partial charge in [-0.1, -0.05) is 94.8 Å². The van der Waals surface area contributed by atoms with E-state index in [1.807, 2.05) is 67.6 Å². The summed E-state index contributed by atoms with van der Waals surface area (Å²) in [5.74, 6) is -0.284. The number of esters is 1. The molecular formula is C22H20BrO2P. The van der Waals surface area contributed by atoms with E-state index in [2.05, 4.69) is 44.9 Å². The second-order valence-corrected chi connectivity index (χ2v) is 10.1. The maximum absolute atomic E-state index is 12.7. The summed E-state index contributed by atoms with van der Waals surface area (Å²) < 4.78 is 7.42. The molecule has 0 bridgehead atoms. The highest BCUT2D eigenvalue weighted by atomic mass is 79.9. The van der Waals surface area contributed by atoms with Gasteiger partial charge in [-0.25, -0.2) is 4.79 Å². The molecule has 0 saturated heterocycles. The molecule has 132 valence electrons. The molecule has 0 saturated carbocycles. The molecule has 3 aromatic rings. The molecule has 3 rings (SSSR count). The molecule has 0 aliphatic heterocycles. The predicted molar refractivity (Wildman–Crippen MR) is 116 cm³/mol. The highest BCUT2D eigenvalue weighted by molar-refractivity contribution is 9.19. The molecular weight excluding hydrogens is 407 g/mol. The van der Waals surface area contributed by atoms with Crippen LogP contribution in [0.1, 0.15) is 17.3 Å². The Balaban J connectivity index is 2.36. The van der Waals surface area contributed by atoms with Crippen molar-refractivity contribution in [3.05, 3.63) is 90.5 Å². The Morgan fingerprint density at radius 2 is 1.38 bits per heavy atom. The Bertz CT molecular complexity index is 893. The fourth-order valence-corrected chi connectivity index (χ4v) is 8.50. The molecule has 0 heterocycles. The van der Waals surface area contributed by atoms with Crippen LogP contribution in [0.3, 0.4) is 0 Å². The van der Waals surface area contributed by atoms with Crippen LogP contribution in [0, 0.1) is 0 Å². The lowest BCUT2D eigenvalue weighted by Gasteiger charge is -2.29. The number of halogens is 1. The van der Waals surface area contributed by atoms with Gasteiger partial charge >= 0.3 is 5.97 Å². The van der Waals surface area contributed by atoms with Crippen LogP contribution in [0.5, 0.6) is 0 Å². The van der Waals surface area contributed by atoms with Crippen molar-refractivity contribution in [2.75, 3.05) is 6.61 Å². The SMILES string of the molecule is CCOC(=O)c1ccccc1P(=CBr)(c1ccccc1)c1ccccc1. The van der Waals surface area contributed by atoms with Gasteiger partial charge in [-0.2, -0.15) is 0 Å². The first-order valence-electron chi connectivity index (χ1n) is 8.45. The van der Waals surface area contributed by atoms with Gasteiger partial charge in [0.2, 0.25) is 0 Å². The summed E-state index contributed by atoms with van der Waals surface area (Å²) in [7, 11) is 0. The van der Waals surface area contributed by atoms with Crippen molar-refractivity contribution >= 4 is 49.4 Å². The smallest absolute Gasteiger partial charge is 0.338 e. The third-order valence-electron chi connectivity index (χ3n) is 4.25. The number of hydrogen-bond acceptors (Lipinski definition) is 2. The van der Waals surface area contributed by atoms with Gasteiger partial charge in [0.05, 0.1) is 12.2 Å². The van der Waals surface area contributed by atoms with Crippen molar-refractivity contribution in [2.45, 2.75) is 6.92 Å². The standard InChI is InChI=1S/C22H20BrO2P/c1-2-25-22(24)20-15-9-10-16-21(20)26(17-23,18-11-5-3-6-12-18)19-13-7-4-8-14-19/h3-17H,2H2,1H3. The Hall–Kier alpha value is -2.09. The number of benzene rings is 3. The van der Waals surface area contributed by atoms with Crippen LogP contribution in [0.15, 0.2) is 84.9 Å². The lowest BCUT2D eigenvalue weighted by molar-refractivity contribution is 0.0528. The highest BCUT2D eigenvalue weighted by Crippen LogP contribution is 2.45. The summed E-state index contributed by atoms with van der Waals surface area (Å²) in [6.45, 7) is 0.0233. The van der Waals surface area contributed by atoms with Crippen LogP contribution < -0.4 is 15.9 Å². The Labute approximate surface area is 162 Å². The fourth-order valence-electron chi connectivity index (χ4n) is 3.08. The minimum absolute atomic E-state index is 0.284. The van der Waals surface area contributed by atoms with Gasteiger partial charge in [0.25, 0.3) is 0 Å². The summed E-state index contributed by atoms with van der Waals surface area (Å²) in [4.78, 5) is 12.7. The van der Waals surface area contributed by atoms with Crippen molar-refractivity contribution in [3.63, 3.8) is 0 Å². The lowest BCUT2D eigenvalue weighted by Crippen LogP contribution is -2.30. The Kier molecular flexibility index (Phi) is 6.13. The molecule has 0 unspecified atom stereocenters.